The summed E-state index contributed by atoms with van der Waals surface area (Å²) >= 11 is 0. The zero-order chi connectivity index (χ0) is 16.5. The summed E-state index contributed by atoms with van der Waals surface area (Å²) in [6.45, 7) is 0.112. The van der Waals surface area contributed by atoms with Gasteiger partial charge < -0.3 is 4.90 Å². The van der Waals surface area contributed by atoms with Crippen LogP contribution in [-0.4, -0.2) is 41.3 Å². The Bertz CT molecular complexity index is 774. The van der Waals surface area contributed by atoms with Crippen LogP contribution in [0.5, 0.6) is 0 Å². The lowest BCUT2D eigenvalue weighted by atomic mass is 10.1. The molecule has 10 heteroatoms. The molecule has 1 aliphatic rings. The van der Waals surface area contributed by atoms with Crippen molar-refractivity contribution in [2.45, 2.75) is 6.42 Å². The normalized spacial score (nSPS) is 19.5. The fourth-order valence-electron chi connectivity index (χ4n) is 2.35. The molecule has 1 heterocycles. The molecule has 0 saturated carbocycles. The van der Waals surface area contributed by atoms with Crippen LogP contribution in [-0.2, 0) is 25.0 Å². The van der Waals surface area contributed by atoms with E-state index in [4.69, 9.17) is 0 Å². The Kier molecular flexibility index (Phi) is 4.43. The van der Waals surface area contributed by atoms with E-state index in [0.29, 0.717) is 11.4 Å². The fourth-order valence-corrected chi connectivity index (χ4v) is 3.70. The number of rotatable bonds is 5. The van der Waals surface area contributed by atoms with Gasteiger partial charge >= 0.3 is 10.2 Å². The standard InChI is InChI=1S/C12H15FN2O5S2/c1-21(17,18)14-10-2-4-11(5-3-10)15-7-9(6-12(15)16)8-22(13,19)20/h2-5,9,14H,6-8H2,1H3. The summed E-state index contributed by atoms with van der Waals surface area (Å²) in [4.78, 5) is 13.2. The zero-order valence-electron chi connectivity index (χ0n) is 11.7. The molecule has 1 amide bonds. The van der Waals surface area contributed by atoms with Crippen LogP contribution in [0.25, 0.3) is 0 Å². The van der Waals surface area contributed by atoms with E-state index in [1.54, 1.807) is 0 Å². The maximum Gasteiger partial charge on any atom is 0.302 e. The van der Waals surface area contributed by atoms with Crippen molar-refractivity contribution < 1.29 is 25.5 Å². The van der Waals surface area contributed by atoms with Gasteiger partial charge in [-0.05, 0) is 24.3 Å². The van der Waals surface area contributed by atoms with Gasteiger partial charge in [0.2, 0.25) is 15.9 Å². The summed E-state index contributed by atoms with van der Waals surface area (Å²) in [6, 6.07) is 6.06. The minimum Gasteiger partial charge on any atom is -0.312 e. The van der Waals surface area contributed by atoms with Crippen LogP contribution in [0.1, 0.15) is 6.42 Å². The van der Waals surface area contributed by atoms with E-state index < -0.39 is 31.9 Å². The molecular formula is C12H15FN2O5S2. The molecule has 0 aliphatic carbocycles. The molecule has 1 atom stereocenters. The Hall–Kier alpha value is -1.68. The Morgan fingerprint density at radius 3 is 2.32 bits per heavy atom. The Labute approximate surface area is 128 Å². The number of hydrogen-bond donors (Lipinski definition) is 1. The molecule has 7 nitrogen and oxygen atoms in total. The minimum absolute atomic E-state index is 0.0352. The Balaban J connectivity index is 2.10. The summed E-state index contributed by atoms with van der Waals surface area (Å²) in [5, 5.41) is 0. The summed E-state index contributed by atoms with van der Waals surface area (Å²) in [5.41, 5.74) is 0.851. The molecule has 1 unspecified atom stereocenters. The number of nitrogens with zero attached hydrogens (tertiary/aromatic N) is 1. The van der Waals surface area contributed by atoms with Crippen LogP contribution in [0.2, 0.25) is 0 Å². The van der Waals surface area contributed by atoms with Crippen molar-refractivity contribution in [1.29, 1.82) is 0 Å². The third-order valence-electron chi connectivity index (χ3n) is 3.12. The van der Waals surface area contributed by atoms with Crippen molar-refractivity contribution in [3.8, 4) is 0 Å². The minimum atomic E-state index is -4.62. The summed E-state index contributed by atoms with van der Waals surface area (Å²) in [6.07, 6.45) is 0.986. The van der Waals surface area contributed by atoms with E-state index in [9.17, 15) is 25.5 Å². The average molecular weight is 350 g/mol. The maximum atomic E-state index is 12.7. The molecule has 0 spiro atoms. The zero-order valence-corrected chi connectivity index (χ0v) is 13.3. The third kappa shape index (κ3) is 4.67. The lowest BCUT2D eigenvalue weighted by Gasteiger charge is -2.17. The van der Waals surface area contributed by atoms with E-state index in [1.807, 2.05) is 0 Å². The highest BCUT2D eigenvalue weighted by Crippen LogP contribution is 2.27. The topological polar surface area (TPSA) is 101 Å². The predicted molar refractivity (Wildman–Crippen MR) is 80.3 cm³/mol. The molecule has 1 saturated heterocycles. The van der Waals surface area contributed by atoms with Crippen molar-refractivity contribution >= 4 is 37.5 Å². The molecule has 1 aliphatic heterocycles. The molecular weight excluding hydrogens is 335 g/mol. The molecule has 1 aromatic carbocycles. The van der Waals surface area contributed by atoms with Gasteiger partial charge in [-0.2, -0.15) is 8.42 Å². The highest BCUT2D eigenvalue weighted by molar-refractivity contribution is 7.92. The average Bonchev–Trinajstić information content (AvgIpc) is 2.66. The fraction of sp³-hybridized carbons (Fsp3) is 0.417. The van der Waals surface area contributed by atoms with E-state index in [1.165, 1.54) is 29.2 Å². The first-order valence-electron chi connectivity index (χ1n) is 6.34. The van der Waals surface area contributed by atoms with Crippen LogP contribution in [0, 0.1) is 5.92 Å². The predicted octanol–water partition coefficient (Wildman–Crippen LogP) is 0.710. The number of carbonyl (C=O) groups excluding carboxylic acids is 1. The van der Waals surface area contributed by atoms with Crippen molar-refractivity contribution in [3.63, 3.8) is 0 Å². The van der Waals surface area contributed by atoms with Gasteiger partial charge in [0.05, 0.1) is 12.0 Å². The lowest BCUT2D eigenvalue weighted by Crippen LogP contribution is -2.25. The highest BCUT2D eigenvalue weighted by atomic mass is 32.3. The van der Waals surface area contributed by atoms with Gasteiger partial charge in [0.25, 0.3) is 0 Å². The van der Waals surface area contributed by atoms with Crippen LogP contribution < -0.4 is 9.62 Å². The second kappa shape index (κ2) is 5.84. The smallest absolute Gasteiger partial charge is 0.302 e. The van der Waals surface area contributed by atoms with Gasteiger partial charge in [-0.3, -0.25) is 9.52 Å². The first-order chi connectivity index (χ1) is 10.0. The number of nitrogens with one attached hydrogen (secondary N) is 1. The first kappa shape index (κ1) is 16.7. The quantitative estimate of drug-likeness (QED) is 0.788. The van der Waals surface area contributed by atoms with Gasteiger partial charge in [0.1, 0.15) is 0 Å². The van der Waals surface area contributed by atoms with E-state index in [2.05, 4.69) is 4.72 Å². The number of hydrogen-bond acceptors (Lipinski definition) is 5. The highest BCUT2D eigenvalue weighted by Gasteiger charge is 2.33. The van der Waals surface area contributed by atoms with Gasteiger partial charge in [0.15, 0.2) is 0 Å². The second-order valence-corrected chi connectivity index (χ2v) is 8.36. The van der Waals surface area contributed by atoms with Crippen molar-refractivity contribution in [1.82, 2.24) is 0 Å². The number of amides is 1. The van der Waals surface area contributed by atoms with Crippen LogP contribution >= 0.6 is 0 Å². The van der Waals surface area contributed by atoms with Crippen molar-refractivity contribution in [2.75, 3.05) is 28.2 Å². The number of carbonyl (C=O) groups is 1. The van der Waals surface area contributed by atoms with Gasteiger partial charge in [-0.15, -0.1) is 3.89 Å². The summed E-state index contributed by atoms with van der Waals surface area (Å²) in [5.74, 6) is -1.56. The largest absolute Gasteiger partial charge is 0.312 e. The van der Waals surface area contributed by atoms with Crippen molar-refractivity contribution in [2.24, 2.45) is 5.92 Å². The molecule has 22 heavy (non-hydrogen) atoms. The van der Waals surface area contributed by atoms with Crippen LogP contribution in [0.15, 0.2) is 24.3 Å². The van der Waals surface area contributed by atoms with E-state index >= 15 is 0 Å². The first-order valence-corrected chi connectivity index (χ1v) is 9.78. The van der Waals surface area contributed by atoms with Crippen LogP contribution in [0.4, 0.5) is 15.3 Å². The lowest BCUT2D eigenvalue weighted by molar-refractivity contribution is -0.117. The SMILES string of the molecule is CS(=O)(=O)Nc1ccc(N2CC(CS(=O)(=O)F)CC2=O)cc1. The van der Waals surface area contributed by atoms with E-state index in [-0.39, 0.29) is 18.9 Å². The second-order valence-electron chi connectivity index (χ2n) is 5.20. The number of halogens is 1. The molecule has 0 radical (unpaired) electrons. The van der Waals surface area contributed by atoms with Crippen LogP contribution in [0.3, 0.4) is 0 Å². The molecule has 1 N–H and O–H groups in total. The van der Waals surface area contributed by atoms with E-state index in [0.717, 1.165) is 6.26 Å². The molecule has 0 bridgehead atoms. The monoisotopic (exact) mass is 350 g/mol. The summed E-state index contributed by atoms with van der Waals surface area (Å²) < 4.78 is 58.5. The molecule has 122 valence electrons. The summed E-state index contributed by atoms with van der Waals surface area (Å²) in [7, 11) is -8.01. The van der Waals surface area contributed by atoms with Gasteiger partial charge in [-0.25, -0.2) is 8.42 Å². The number of anilines is 2. The molecule has 0 aromatic heterocycles. The number of benzene rings is 1. The van der Waals surface area contributed by atoms with Gasteiger partial charge in [-0.1, -0.05) is 0 Å². The molecule has 1 aromatic rings. The van der Waals surface area contributed by atoms with Gasteiger partial charge in [0, 0.05) is 30.3 Å². The maximum absolute atomic E-state index is 12.7. The Morgan fingerprint density at radius 2 is 1.82 bits per heavy atom. The Morgan fingerprint density at radius 1 is 1.23 bits per heavy atom. The molecule has 2 rings (SSSR count). The molecule has 1 fully saturated rings. The third-order valence-corrected chi connectivity index (χ3v) is 4.60. The number of sulfonamides is 1. The van der Waals surface area contributed by atoms with Crippen molar-refractivity contribution in [3.05, 3.63) is 24.3 Å².